The first-order chi connectivity index (χ1) is 7.72. The standard InChI is InChI=1S/C10H14ClN3O2/c11-9-2-1-8(7-14-9)3-4-12-10(16)13-5-6-15/h1-2,7,15H,3-6H2,(H2,12,13,16). The summed E-state index contributed by atoms with van der Waals surface area (Å²) in [5, 5.41) is 14.1. The predicted octanol–water partition coefficient (Wildman–Crippen LogP) is 0.569. The van der Waals surface area contributed by atoms with Crippen LogP contribution in [0.2, 0.25) is 5.15 Å². The Morgan fingerprint density at radius 2 is 2.12 bits per heavy atom. The van der Waals surface area contributed by atoms with Crippen LogP contribution in [-0.4, -0.2) is 35.8 Å². The summed E-state index contributed by atoms with van der Waals surface area (Å²) in [6.45, 7) is 0.712. The number of hydrogen-bond donors (Lipinski definition) is 3. The zero-order chi connectivity index (χ0) is 11.8. The summed E-state index contributed by atoms with van der Waals surface area (Å²) in [6.07, 6.45) is 2.37. The molecule has 16 heavy (non-hydrogen) atoms. The second-order valence-corrected chi connectivity index (χ2v) is 3.53. The first-order valence-electron chi connectivity index (χ1n) is 4.95. The van der Waals surface area contributed by atoms with Crippen molar-refractivity contribution >= 4 is 17.6 Å². The topological polar surface area (TPSA) is 74.2 Å². The fourth-order valence-corrected chi connectivity index (χ4v) is 1.22. The molecule has 0 aliphatic heterocycles. The van der Waals surface area contributed by atoms with E-state index in [9.17, 15) is 4.79 Å². The number of nitrogens with one attached hydrogen (secondary N) is 2. The first kappa shape index (κ1) is 12.7. The molecular formula is C10H14ClN3O2. The van der Waals surface area contributed by atoms with Gasteiger partial charge in [-0.05, 0) is 18.1 Å². The van der Waals surface area contributed by atoms with Gasteiger partial charge in [0.05, 0.1) is 6.61 Å². The molecule has 0 radical (unpaired) electrons. The van der Waals surface area contributed by atoms with Crippen LogP contribution in [-0.2, 0) is 6.42 Å². The highest BCUT2D eigenvalue weighted by Crippen LogP contribution is 2.05. The highest BCUT2D eigenvalue weighted by molar-refractivity contribution is 6.29. The minimum Gasteiger partial charge on any atom is -0.395 e. The lowest BCUT2D eigenvalue weighted by Crippen LogP contribution is -2.37. The third-order valence-electron chi connectivity index (χ3n) is 1.89. The molecule has 0 bridgehead atoms. The van der Waals surface area contributed by atoms with Crippen molar-refractivity contribution in [3.05, 3.63) is 29.0 Å². The highest BCUT2D eigenvalue weighted by atomic mass is 35.5. The second kappa shape index (κ2) is 7.03. The number of aliphatic hydroxyl groups excluding tert-OH is 1. The summed E-state index contributed by atoms with van der Waals surface area (Å²) >= 11 is 5.64. The van der Waals surface area contributed by atoms with E-state index >= 15 is 0 Å². The molecule has 1 aromatic heterocycles. The average molecular weight is 244 g/mol. The number of aromatic nitrogens is 1. The van der Waals surface area contributed by atoms with E-state index in [0.717, 1.165) is 5.56 Å². The van der Waals surface area contributed by atoms with Gasteiger partial charge in [-0.2, -0.15) is 0 Å². The predicted molar refractivity (Wildman–Crippen MR) is 61.4 cm³/mol. The van der Waals surface area contributed by atoms with Crippen molar-refractivity contribution in [2.45, 2.75) is 6.42 Å². The van der Waals surface area contributed by atoms with Crippen LogP contribution in [0.3, 0.4) is 0 Å². The molecule has 5 nitrogen and oxygen atoms in total. The maximum Gasteiger partial charge on any atom is 0.314 e. The SMILES string of the molecule is O=C(NCCO)NCCc1ccc(Cl)nc1. The third-order valence-corrected chi connectivity index (χ3v) is 2.11. The molecule has 1 aromatic rings. The van der Waals surface area contributed by atoms with Gasteiger partial charge in [-0.25, -0.2) is 9.78 Å². The summed E-state index contributed by atoms with van der Waals surface area (Å²) in [5.41, 5.74) is 1.01. The van der Waals surface area contributed by atoms with E-state index in [4.69, 9.17) is 16.7 Å². The maximum absolute atomic E-state index is 11.1. The molecule has 0 saturated carbocycles. The van der Waals surface area contributed by atoms with Crippen LogP contribution in [0.15, 0.2) is 18.3 Å². The average Bonchev–Trinajstić information content (AvgIpc) is 2.29. The Morgan fingerprint density at radius 1 is 1.38 bits per heavy atom. The highest BCUT2D eigenvalue weighted by Gasteiger charge is 1.98. The molecular weight excluding hydrogens is 230 g/mol. The van der Waals surface area contributed by atoms with Crippen molar-refractivity contribution in [3.63, 3.8) is 0 Å². The number of carbonyl (C=O) groups is 1. The molecule has 3 N–H and O–H groups in total. The monoisotopic (exact) mass is 243 g/mol. The molecule has 0 aliphatic rings. The minimum absolute atomic E-state index is 0.0610. The molecule has 1 heterocycles. The molecule has 0 spiro atoms. The van der Waals surface area contributed by atoms with Crippen molar-refractivity contribution in [1.29, 1.82) is 0 Å². The molecule has 0 atom stereocenters. The van der Waals surface area contributed by atoms with Crippen LogP contribution in [0.25, 0.3) is 0 Å². The van der Waals surface area contributed by atoms with Crippen LogP contribution < -0.4 is 10.6 Å². The van der Waals surface area contributed by atoms with Crippen molar-refractivity contribution < 1.29 is 9.90 Å². The molecule has 0 fully saturated rings. The Labute approximate surface area is 98.8 Å². The largest absolute Gasteiger partial charge is 0.395 e. The van der Waals surface area contributed by atoms with Crippen molar-refractivity contribution in [3.8, 4) is 0 Å². The lowest BCUT2D eigenvalue weighted by molar-refractivity contribution is 0.234. The van der Waals surface area contributed by atoms with Gasteiger partial charge in [0, 0.05) is 19.3 Å². The smallest absolute Gasteiger partial charge is 0.314 e. The molecule has 0 aliphatic carbocycles. The Balaban J connectivity index is 2.20. The molecule has 2 amide bonds. The third kappa shape index (κ3) is 4.95. The first-order valence-corrected chi connectivity index (χ1v) is 5.33. The molecule has 1 rings (SSSR count). The number of hydrogen-bond acceptors (Lipinski definition) is 3. The number of carbonyl (C=O) groups excluding carboxylic acids is 1. The lowest BCUT2D eigenvalue weighted by atomic mass is 10.2. The molecule has 88 valence electrons. The van der Waals surface area contributed by atoms with E-state index in [1.54, 1.807) is 12.3 Å². The van der Waals surface area contributed by atoms with Gasteiger partial charge in [-0.1, -0.05) is 17.7 Å². The number of nitrogens with zero attached hydrogens (tertiary/aromatic N) is 1. The normalized spacial score (nSPS) is 9.88. The number of pyridine rings is 1. The summed E-state index contributed by atoms with van der Waals surface area (Å²) in [5.74, 6) is 0. The summed E-state index contributed by atoms with van der Waals surface area (Å²) in [4.78, 5) is 15.0. The Bertz CT molecular complexity index is 329. The summed E-state index contributed by atoms with van der Waals surface area (Å²) in [7, 11) is 0. The number of amides is 2. The van der Waals surface area contributed by atoms with Crippen LogP contribution in [0.1, 0.15) is 5.56 Å². The van der Waals surface area contributed by atoms with Gasteiger partial charge < -0.3 is 15.7 Å². The van der Waals surface area contributed by atoms with Gasteiger partial charge in [-0.3, -0.25) is 0 Å². The van der Waals surface area contributed by atoms with Gasteiger partial charge in [0.2, 0.25) is 0 Å². The minimum atomic E-state index is -0.282. The van der Waals surface area contributed by atoms with Crippen LogP contribution >= 0.6 is 11.6 Å². The molecule has 6 heteroatoms. The fraction of sp³-hybridized carbons (Fsp3) is 0.400. The van der Waals surface area contributed by atoms with Crippen molar-refractivity contribution in [1.82, 2.24) is 15.6 Å². The zero-order valence-electron chi connectivity index (χ0n) is 8.74. The van der Waals surface area contributed by atoms with E-state index in [-0.39, 0.29) is 19.2 Å². The molecule has 0 unspecified atom stereocenters. The zero-order valence-corrected chi connectivity index (χ0v) is 9.50. The van der Waals surface area contributed by atoms with Crippen LogP contribution in [0.4, 0.5) is 4.79 Å². The Kier molecular flexibility index (Phi) is 5.60. The summed E-state index contributed by atoms with van der Waals surface area (Å²) < 4.78 is 0. The van der Waals surface area contributed by atoms with E-state index < -0.39 is 0 Å². The van der Waals surface area contributed by atoms with Crippen molar-refractivity contribution in [2.24, 2.45) is 0 Å². The second-order valence-electron chi connectivity index (χ2n) is 3.15. The number of urea groups is 1. The van der Waals surface area contributed by atoms with E-state index in [0.29, 0.717) is 18.1 Å². The van der Waals surface area contributed by atoms with Crippen molar-refractivity contribution in [2.75, 3.05) is 19.7 Å². The van der Waals surface area contributed by atoms with Gasteiger partial charge in [0.25, 0.3) is 0 Å². The fourth-order valence-electron chi connectivity index (χ4n) is 1.11. The number of halogens is 1. The number of aliphatic hydroxyl groups is 1. The number of rotatable bonds is 5. The van der Waals surface area contributed by atoms with Gasteiger partial charge >= 0.3 is 6.03 Å². The lowest BCUT2D eigenvalue weighted by Gasteiger charge is -2.06. The molecule has 0 aromatic carbocycles. The van der Waals surface area contributed by atoms with Crippen LogP contribution in [0.5, 0.6) is 0 Å². The summed E-state index contributed by atoms with van der Waals surface area (Å²) in [6, 6.07) is 3.29. The Morgan fingerprint density at radius 3 is 2.75 bits per heavy atom. The molecule has 0 saturated heterocycles. The Hall–Kier alpha value is -1.33. The maximum atomic E-state index is 11.1. The quantitative estimate of drug-likeness (QED) is 0.662. The van der Waals surface area contributed by atoms with Crippen LogP contribution in [0, 0.1) is 0 Å². The van der Waals surface area contributed by atoms with E-state index in [1.807, 2.05) is 6.07 Å². The van der Waals surface area contributed by atoms with Gasteiger partial charge in [-0.15, -0.1) is 0 Å². The van der Waals surface area contributed by atoms with Gasteiger partial charge in [0.1, 0.15) is 5.15 Å². The van der Waals surface area contributed by atoms with E-state index in [2.05, 4.69) is 15.6 Å². The van der Waals surface area contributed by atoms with E-state index in [1.165, 1.54) is 0 Å². The van der Waals surface area contributed by atoms with Gasteiger partial charge in [0.15, 0.2) is 0 Å².